The van der Waals surface area contributed by atoms with Crippen LogP contribution in [0.4, 0.5) is 4.79 Å². The highest BCUT2D eigenvalue weighted by atomic mass is 16.5. The number of nitrogens with one attached hydrogen (secondary N) is 1. The first-order chi connectivity index (χ1) is 7.56. The van der Waals surface area contributed by atoms with Gasteiger partial charge in [-0.1, -0.05) is 0 Å². The van der Waals surface area contributed by atoms with Crippen molar-refractivity contribution in [1.29, 1.82) is 0 Å². The summed E-state index contributed by atoms with van der Waals surface area (Å²) < 4.78 is 4.75. The number of amides is 2. The molecule has 2 atom stereocenters. The molecule has 1 aliphatic heterocycles. The molecule has 1 saturated heterocycles. The number of carbonyl (C=O) groups excluding carboxylic acids is 1. The number of nitrogens with zero attached hydrogens (tertiary/aromatic N) is 1. The number of likely N-dealkylation sites (tertiary alicyclic amines) is 1. The molecule has 3 N–H and O–H groups in total. The second kappa shape index (κ2) is 5.66. The van der Waals surface area contributed by atoms with Gasteiger partial charge in [-0.2, -0.15) is 0 Å². The third-order valence-electron chi connectivity index (χ3n) is 2.41. The highest BCUT2D eigenvalue weighted by molar-refractivity contribution is 5.83. The number of ether oxygens (including phenoxy) is 1. The van der Waals surface area contributed by atoms with Gasteiger partial charge in [0.25, 0.3) is 0 Å². The van der Waals surface area contributed by atoms with Gasteiger partial charge in [0.1, 0.15) is 6.04 Å². The maximum atomic E-state index is 11.6. The second-order valence-corrected chi connectivity index (χ2v) is 3.62. The molecule has 92 valence electrons. The highest BCUT2D eigenvalue weighted by Crippen LogP contribution is 2.17. The number of aliphatic carboxylic acids is 1. The third kappa shape index (κ3) is 3.07. The zero-order valence-corrected chi connectivity index (χ0v) is 9.05. The molecule has 1 rings (SSSR count). The van der Waals surface area contributed by atoms with E-state index in [2.05, 4.69) is 5.32 Å². The van der Waals surface area contributed by atoms with Crippen LogP contribution in [0.1, 0.15) is 6.42 Å². The van der Waals surface area contributed by atoms with E-state index in [-0.39, 0.29) is 13.0 Å². The van der Waals surface area contributed by atoms with Crippen molar-refractivity contribution >= 4 is 12.0 Å². The Morgan fingerprint density at radius 1 is 1.56 bits per heavy atom. The molecule has 1 aliphatic rings. The molecule has 0 unspecified atom stereocenters. The summed E-state index contributed by atoms with van der Waals surface area (Å²) in [5, 5.41) is 20.7. The summed E-state index contributed by atoms with van der Waals surface area (Å²) in [5.74, 6) is -1.10. The SMILES string of the molecule is COCCNC(=O)N1C[C@@H](O)C[C@H]1C(=O)O. The van der Waals surface area contributed by atoms with Crippen LogP contribution in [0.25, 0.3) is 0 Å². The Hall–Kier alpha value is -1.34. The standard InChI is InChI=1S/C9H16N2O5/c1-16-3-2-10-9(15)11-5-6(12)4-7(11)8(13)14/h6-7,12H,2-5H2,1H3,(H,10,15)(H,13,14)/t6-,7-/m0/s1. The van der Waals surface area contributed by atoms with Crippen LogP contribution >= 0.6 is 0 Å². The van der Waals surface area contributed by atoms with Crippen LogP contribution in [-0.2, 0) is 9.53 Å². The number of carboxylic acid groups (broad SMARTS) is 1. The van der Waals surface area contributed by atoms with Crippen LogP contribution in [-0.4, -0.2) is 66.1 Å². The summed E-state index contributed by atoms with van der Waals surface area (Å²) in [5.41, 5.74) is 0. The lowest BCUT2D eigenvalue weighted by Crippen LogP contribution is -2.46. The van der Waals surface area contributed by atoms with Crippen molar-refractivity contribution in [1.82, 2.24) is 10.2 Å². The van der Waals surface area contributed by atoms with Gasteiger partial charge < -0.3 is 25.2 Å². The molecular weight excluding hydrogens is 216 g/mol. The van der Waals surface area contributed by atoms with Crippen molar-refractivity contribution in [2.24, 2.45) is 0 Å². The predicted molar refractivity (Wildman–Crippen MR) is 54.0 cm³/mol. The Kier molecular flexibility index (Phi) is 4.51. The fourth-order valence-corrected chi connectivity index (χ4v) is 1.63. The molecule has 7 nitrogen and oxygen atoms in total. The number of methoxy groups -OCH3 is 1. The number of hydrogen-bond acceptors (Lipinski definition) is 4. The average molecular weight is 232 g/mol. The van der Waals surface area contributed by atoms with E-state index in [1.165, 1.54) is 7.11 Å². The quantitative estimate of drug-likeness (QED) is 0.532. The van der Waals surface area contributed by atoms with Gasteiger partial charge in [-0.15, -0.1) is 0 Å². The summed E-state index contributed by atoms with van der Waals surface area (Å²) in [6, 6.07) is -1.43. The number of rotatable bonds is 4. The minimum Gasteiger partial charge on any atom is -0.480 e. The Bertz CT molecular complexity index is 271. The van der Waals surface area contributed by atoms with Crippen LogP contribution in [0, 0.1) is 0 Å². The molecule has 0 aromatic rings. The average Bonchev–Trinajstić information content (AvgIpc) is 2.61. The summed E-state index contributed by atoms with van der Waals surface area (Å²) >= 11 is 0. The first-order valence-corrected chi connectivity index (χ1v) is 5.00. The summed E-state index contributed by atoms with van der Waals surface area (Å²) in [6.45, 7) is 0.726. The van der Waals surface area contributed by atoms with Gasteiger partial charge in [0.05, 0.1) is 12.7 Å². The normalized spacial score (nSPS) is 24.5. The van der Waals surface area contributed by atoms with Crippen LogP contribution in [0.2, 0.25) is 0 Å². The van der Waals surface area contributed by atoms with Crippen molar-refractivity contribution in [3.05, 3.63) is 0 Å². The fraction of sp³-hybridized carbons (Fsp3) is 0.778. The predicted octanol–water partition coefficient (Wildman–Crippen LogP) is -1.14. The molecule has 16 heavy (non-hydrogen) atoms. The van der Waals surface area contributed by atoms with Gasteiger partial charge in [-0.25, -0.2) is 9.59 Å². The van der Waals surface area contributed by atoms with E-state index in [9.17, 15) is 14.7 Å². The fourth-order valence-electron chi connectivity index (χ4n) is 1.63. The lowest BCUT2D eigenvalue weighted by molar-refractivity contribution is -0.141. The highest BCUT2D eigenvalue weighted by Gasteiger charge is 2.38. The molecule has 0 aliphatic carbocycles. The topological polar surface area (TPSA) is 99.1 Å². The number of aliphatic hydroxyl groups excluding tert-OH is 1. The van der Waals surface area contributed by atoms with Crippen molar-refractivity contribution in [2.75, 3.05) is 26.8 Å². The number of hydrogen-bond donors (Lipinski definition) is 3. The van der Waals surface area contributed by atoms with Crippen LogP contribution in [0.5, 0.6) is 0 Å². The van der Waals surface area contributed by atoms with E-state index in [1.54, 1.807) is 0 Å². The number of carbonyl (C=O) groups is 2. The molecule has 1 heterocycles. The molecule has 0 aromatic carbocycles. The Morgan fingerprint density at radius 3 is 2.81 bits per heavy atom. The smallest absolute Gasteiger partial charge is 0.326 e. The first kappa shape index (κ1) is 12.7. The van der Waals surface area contributed by atoms with Gasteiger partial charge in [-0.3, -0.25) is 0 Å². The summed E-state index contributed by atoms with van der Waals surface area (Å²) in [4.78, 5) is 23.5. The Balaban J connectivity index is 2.50. The van der Waals surface area contributed by atoms with Crippen molar-refractivity contribution in [3.8, 4) is 0 Å². The molecular formula is C9H16N2O5. The zero-order valence-electron chi connectivity index (χ0n) is 9.05. The Labute approximate surface area is 93.0 Å². The number of urea groups is 1. The lowest BCUT2D eigenvalue weighted by atomic mass is 10.2. The van der Waals surface area contributed by atoms with Gasteiger partial charge >= 0.3 is 12.0 Å². The molecule has 0 saturated carbocycles. The molecule has 0 bridgehead atoms. The summed E-state index contributed by atoms with van der Waals surface area (Å²) in [6.07, 6.45) is -0.693. The minimum atomic E-state index is -1.10. The maximum Gasteiger partial charge on any atom is 0.326 e. The molecule has 0 spiro atoms. The number of carboxylic acids is 1. The largest absolute Gasteiger partial charge is 0.480 e. The van der Waals surface area contributed by atoms with E-state index < -0.39 is 24.1 Å². The maximum absolute atomic E-state index is 11.6. The number of β-amino-alcohol motifs (C(OH)–C–C–N with tert-alkyl or cyclic N) is 1. The van der Waals surface area contributed by atoms with Crippen molar-refractivity contribution in [2.45, 2.75) is 18.6 Å². The van der Waals surface area contributed by atoms with E-state index in [1.807, 2.05) is 0 Å². The van der Waals surface area contributed by atoms with Gasteiger partial charge in [0.2, 0.25) is 0 Å². The van der Waals surface area contributed by atoms with E-state index in [4.69, 9.17) is 9.84 Å². The molecule has 0 aromatic heterocycles. The monoisotopic (exact) mass is 232 g/mol. The lowest BCUT2D eigenvalue weighted by Gasteiger charge is -2.21. The molecule has 0 radical (unpaired) electrons. The molecule has 7 heteroatoms. The third-order valence-corrected chi connectivity index (χ3v) is 2.41. The summed E-state index contributed by atoms with van der Waals surface area (Å²) in [7, 11) is 1.51. The molecule has 1 fully saturated rings. The van der Waals surface area contributed by atoms with E-state index in [0.29, 0.717) is 13.2 Å². The van der Waals surface area contributed by atoms with E-state index >= 15 is 0 Å². The Morgan fingerprint density at radius 2 is 2.25 bits per heavy atom. The number of aliphatic hydroxyl groups is 1. The van der Waals surface area contributed by atoms with Gasteiger partial charge in [-0.05, 0) is 0 Å². The minimum absolute atomic E-state index is 0.0514. The van der Waals surface area contributed by atoms with E-state index in [0.717, 1.165) is 4.90 Å². The molecule has 2 amide bonds. The van der Waals surface area contributed by atoms with Crippen LogP contribution in [0.15, 0.2) is 0 Å². The van der Waals surface area contributed by atoms with Crippen molar-refractivity contribution in [3.63, 3.8) is 0 Å². The van der Waals surface area contributed by atoms with Gasteiger partial charge in [0.15, 0.2) is 0 Å². The zero-order chi connectivity index (χ0) is 12.1. The second-order valence-electron chi connectivity index (χ2n) is 3.62. The van der Waals surface area contributed by atoms with Gasteiger partial charge in [0, 0.05) is 26.6 Å². The van der Waals surface area contributed by atoms with Crippen molar-refractivity contribution < 1.29 is 24.5 Å². The van der Waals surface area contributed by atoms with Crippen LogP contribution < -0.4 is 5.32 Å². The van der Waals surface area contributed by atoms with Crippen LogP contribution in [0.3, 0.4) is 0 Å². The first-order valence-electron chi connectivity index (χ1n) is 5.00.